The first-order valence-electron chi connectivity index (χ1n) is 10.8. The molecule has 0 saturated carbocycles. The number of carboxylic acid groups (broad SMARTS) is 1. The van der Waals surface area contributed by atoms with Gasteiger partial charge in [-0.2, -0.15) is 0 Å². The third-order valence-electron chi connectivity index (χ3n) is 5.12. The van der Waals surface area contributed by atoms with Crippen molar-refractivity contribution in [3.8, 4) is 0 Å². The van der Waals surface area contributed by atoms with E-state index in [-0.39, 0.29) is 30.8 Å². The number of nitrogens with zero attached hydrogens (tertiary/aromatic N) is 1. The lowest BCUT2D eigenvalue weighted by molar-refractivity contribution is -0.142. The van der Waals surface area contributed by atoms with Crippen LogP contribution in [0.15, 0.2) is 4.99 Å². The van der Waals surface area contributed by atoms with E-state index < -0.39 is 47.9 Å². The summed E-state index contributed by atoms with van der Waals surface area (Å²) in [7, 11) is 0. The Kier molecular flexibility index (Phi) is 12.9. The van der Waals surface area contributed by atoms with Crippen LogP contribution in [0.2, 0.25) is 0 Å². The Morgan fingerprint density at radius 1 is 0.938 bits per heavy atom. The van der Waals surface area contributed by atoms with E-state index in [0.29, 0.717) is 12.8 Å². The average molecular weight is 458 g/mol. The van der Waals surface area contributed by atoms with E-state index in [1.807, 2.05) is 13.8 Å². The number of carbonyl (C=O) groups excluding carboxylic acids is 3. The molecule has 0 aliphatic heterocycles. The number of amides is 3. The van der Waals surface area contributed by atoms with Crippen molar-refractivity contribution >= 4 is 29.7 Å². The molecule has 0 aliphatic carbocycles. The summed E-state index contributed by atoms with van der Waals surface area (Å²) in [5, 5.41) is 16.9. The predicted molar refractivity (Wildman–Crippen MR) is 121 cm³/mol. The Balaban J connectivity index is 4.97. The molecule has 0 saturated heterocycles. The minimum Gasteiger partial charge on any atom is -0.480 e. The molecule has 12 heteroatoms. The fourth-order valence-electron chi connectivity index (χ4n) is 2.72. The van der Waals surface area contributed by atoms with Gasteiger partial charge in [0.1, 0.15) is 18.1 Å². The van der Waals surface area contributed by atoms with E-state index in [4.69, 9.17) is 17.2 Å². The van der Waals surface area contributed by atoms with Crippen molar-refractivity contribution in [2.24, 2.45) is 34.0 Å². The minimum absolute atomic E-state index is 0.0597. The van der Waals surface area contributed by atoms with Gasteiger partial charge >= 0.3 is 5.97 Å². The molecule has 12 nitrogen and oxygen atoms in total. The topological polar surface area (TPSA) is 215 Å². The zero-order valence-electron chi connectivity index (χ0n) is 19.6. The van der Waals surface area contributed by atoms with Crippen LogP contribution >= 0.6 is 0 Å². The number of hydrogen-bond donors (Lipinski definition) is 7. The van der Waals surface area contributed by atoms with Crippen LogP contribution in [-0.4, -0.2) is 65.5 Å². The van der Waals surface area contributed by atoms with Gasteiger partial charge in [-0.3, -0.25) is 19.4 Å². The summed E-state index contributed by atoms with van der Waals surface area (Å²) in [6.45, 7) is 8.91. The third-order valence-corrected chi connectivity index (χ3v) is 5.12. The highest BCUT2D eigenvalue weighted by Gasteiger charge is 2.30. The van der Waals surface area contributed by atoms with Gasteiger partial charge in [0.15, 0.2) is 5.96 Å². The number of carboxylic acids is 1. The summed E-state index contributed by atoms with van der Waals surface area (Å²) in [6, 6.07) is -3.85. The quantitative estimate of drug-likeness (QED) is 0.0935. The molecule has 0 rings (SSSR count). The first kappa shape index (κ1) is 29.1. The molecule has 0 aliphatic rings. The molecule has 10 N–H and O–H groups in total. The molecule has 3 amide bonds. The highest BCUT2D eigenvalue weighted by Crippen LogP contribution is 2.08. The van der Waals surface area contributed by atoms with E-state index in [9.17, 15) is 24.3 Å². The zero-order valence-corrected chi connectivity index (χ0v) is 19.6. The van der Waals surface area contributed by atoms with Gasteiger partial charge < -0.3 is 38.3 Å². The van der Waals surface area contributed by atoms with E-state index in [2.05, 4.69) is 20.9 Å². The number of nitrogens with two attached hydrogens (primary N) is 3. The number of rotatable bonds is 14. The highest BCUT2D eigenvalue weighted by atomic mass is 16.4. The lowest BCUT2D eigenvalue weighted by Crippen LogP contribution is -2.58. The maximum absolute atomic E-state index is 12.7. The molecule has 5 atom stereocenters. The van der Waals surface area contributed by atoms with E-state index >= 15 is 0 Å². The molecule has 0 spiro atoms. The smallest absolute Gasteiger partial charge is 0.326 e. The number of carbonyl (C=O) groups is 4. The van der Waals surface area contributed by atoms with Crippen LogP contribution < -0.4 is 33.2 Å². The van der Waals surface area contributed by atoms with Crippen LogP contribution in [0.5, 0.6) is 0 Å². The van der Waals surface area contributed by atoms with Crippen molar-refractivity contribution in [3.63, 3.8) is 0 Å². The summed E-state index contributed by atoms with van der Waals surface area (Å²) in [5.74, 6) is -3.32. The summed E-state index contributed by atoms with van der Waals surface area (Å²) in [5.41, 5.74) is 16.4. The molecule has 32 heavy (non-hydrogen) atoms. The van der Waals surface area contributed by atoms with Crippen molar-refractivity contribution in [3.05, 3.63) is 0 Å². The van der Waals surface area contributed by atoms with Gasteiger partial charge in [-0.1, -0.05) is 34.1 Å². The molecular formula is C20H39N7O5. The van der Waals surface area contributed by atoms with Crippen LogP contribution in [0.3, 0.4) is 0 Å². The van der Waals surface area contributed by atoms with Crippen molar-refractivity contribution in [1.82, 2.24) is 16.0 Å². The first-order chi connectivity index (χ1) is 14.8. The fraction of sp³-hybridized carbons (Fsp3) is 0.750. The van der Waals surface area contributed by atoms with Gasteiger partial charge in [0, 0.05) is 6.54 Å². The van der Waals surface area contributed by atoms with Gasteiger partial charge in [-0.15, -0.1) is 0 Å². The number of hydrogen-bond acceptors (Lipinski definition) is 6. The van der Waals surface area contributed by atoms with Crippen LogP contribution in [0.1, 0.15) is 53.9 Å². The summed E-state index contributed by atoms with van der Waals surface area (Å²) in [6.07, 6.45) is 1.16. The van der Waals surface area contributed by atoms with Crippen LogP contribution in [-0.2, 0) is 19.2 Å². The van der Waals surface area contributed by atoms with Crippen molar-refractivity contribution < 1.29 is 24.3 Å². The molecule has 184 valence electrons. The SMILES string of the molecule is CCC(C)C(N)C(=O)NC(C(=O)NC(C)C(=O)NC(CCCN=C(N)N)C(=O)O)C(C)C. The van der Waals surface area contributed by atoms with Gasteiger partial charge in [0.2, 0.25) is 17.7 Å². The standard InChI is InChI=1S/C20H39N7O5/c1-6-11(4)14(21)17(29)27-15(10(2)3)18(30)25-12(5)16(28)26-13(19(31)32)8-7-9-24-20(22)23/h10-15H,6-9,21H2,1-5H3,(H,25,30)(H,26,28)(H,27,29)(H,31,32)(H4,22,23,24). The molecule has 0 heterocycles. The molecule has 0 radical (unpaired) electrons. The second-order valence-electron chi connectivity index (χ2n) is 8.22. The molecule has 0 fully saturated rings. The first-order valence-corrected chi connectivity index (χ1v) is 10.8. The van der Waals surface area contributed by atoms with Crippen LogP contribution in [0.25, 0.3) is 0 Å². The van der Waals surface area contributed by atoms with Crippen molar-refractivity contribution in [2.45, 2.75) is 78.0 Å². The summed E-state index contributed by atoms with van der Waals surface area (Å²) < 4.78 is 0. The molecule has 0 aromatic heterocycles. The van der Waals surface area contributed by atoms with Gasteiger partial charge in [-0.25, -0.2) is 4.79 Å². The second kappa shape index (κ2) is 14.2. The zero-order chi connectivity index (χ0) is 25.0. The Hall–Kier alpha value is -2.89. The number of nitrogens with one attached hydrogen (secondary N) is 3. The number of aliphatic imine (C=N–C) groups is 1. The third kappa shape index (κ3) is 10.4. The minimum atomic E-state index is -1.21. The van der Waals surface area contributed by atoms with Gasteiger partial charge in [0.25, 0.3) is 0 Å². The van der Waals surface area contributed by atoms with Crippen molar-refractivity contribution in [1.29, 1.82) is 0 Å². The van der Waals surface area contributed by atoms with Gasteiger partial charge in [0.05, 0.1) is 6.04 Å². The lowest BCUT2D eigenvalue weighted by Gasteiger charge is -2.26. The van der Waals surface area contributed by atoms with E-state index in [1.165, 1.54) is 6.92 Å². The Labute approximate surface area is 189 Å². The Morgan fingerprint density at radius 2 is 1.53 bits per heavy atom. The molecule has 5 unspecified atom stereocenters. The number of aliphatic carboxylic acids is 1. The molecule has 0 bridgehead atoms. The number of guanidine groups is 1. The average Bonchev–Trinajstić information content (AvgIpc) is 2.71. The Bertz CT molecular complexity index is 679. The highest BCUT2D eigenvalue weighted by molar-refractivity contribution is 5.94. The van der Waals surface area contributed by atoms with Gasteiger partial charge in [-0.05, 0) is 31.6 Å². The predicted octanol–water partition coefficient (Wildman–Crippen LogP) is -1.37. The van der Waals surface area contributed by atoms with Crippen molar-refractivity contribution in [2.75, 3.05) is 6.54 Å². The Morgan fingerprint density at radius 3 is 2.00 bits per heavy atom. The fourth-order valence-corrected chi connectivity index (χ4v) is 2.72. The van der Waals surface area contributed by atoms with E-state index in [1.54, 1.807) is 13.8 Å². The van der Waals surface area contributed by atoms with Crippen LogP contribution in [0, 0.1) is 11.8 Å². The van der Waals surface area contributed by atoms with E-state index in [0.717, 1.165) is 0 Å². The molecule has 0 aromatic carbocycles. The largest absolute Gasteiger partial charge is 0.480 e. The maximum Gasteiger partial charge on any atom is 0.326 e. The monoisotopic (exact) mass is 457 g/mol. The molecular weight excluding hydrogens is 418 g/mol. The lowest BCUT2D eigenvalue weighted by atomic mass is 9.97. The summed E-state index contributed by atoms with van der Waals surface area (Å²) >= 11 is 0. The van der Waals surface area contributed by atoms with Crippen LogP contribution in [0.4, 0.5) is 0 Å². The second-order valence-corrected chi connectivity index (χ2v) is 8.22. The maximum atomic E-state index is 12.7. The normalized spacial score (nSPS) is 15.6. The summed E-state index contributed by atoms with van der Waals surface area (Å²) in [4.78, 5) is 52.7. The molecule has 0 aromatic rings.